The molecule has 0 saturated heterocycles. The average Bonchev–Trinajstić information content (AvgIpc) is 2.88. The maximum Gasteiger partial charge on any atom is 0.336 e. The van der Waals surface area contributed by atoms with E-state index in [4.69, 9.17) is 9.47 Å². The van der Waals surface area contributed by atoms with Gasteiger partial charge >= 0.3 is 5.97 Å². The zero-order chi connectivity index (χ0) is 26.0. The third kappa shape index (κ3) is 7.90. The molecule has 0 unspecified atom stereocenters. The minimum Gasteiger partial charge on any atom is -0.493 e. The zero-order valence-corrected chi connectivity index (χ0v) is 20.5. The minimum atomic E-state index is -3.82. The number of hydrazone groups is 1. The van der Waals surface area contributed by atoms with Gasteiger partial charge in [-0.05, 0) is 54.5 Å². The van der Waals surface area contributed by atoms with E-state index in [0.717, 1.165) is 11.1 Å². The SMILES string of the molecule is COc1cc(/C=N/NC(=O)CNS(=O)(=O)c2ccc(C)cc2)ccc1OC(=O)/C=C/c1ccccc1. The molecule has 186 valence electrons. The smallest absolute Gasteiger partial charge is 0.336 e. The van der Waals surface area contributed by atoms with Gasteiger partial charge in [-0.1, -0.05) is 48.0 Å². The summed E-state index contributed by atoms with van der Waals surface area (Å²) in [4.78, 5) is 24.2. The molecule has 0 aromatic heterocycles. The molecule has 36 heavy (non-hydrogen) atoms. The third-order valence-electron chi connectivity index (χ3n) is 4.77. The molecule has 0 aliphatic carbocycles. The number of hydrogen-bond acceptors (Lipinski definition) is 7. The maximum atomic E-state index is 12.3. The summed E-state index contributed by atoms with van der Waals surface area (Å²) in [7, 11) is -2.39. The predicted molar refractivity (Wildman–Crippen MR) is 136 cm³/mol. The Morgan fingerprint density at radius 1 is 0.944 bits per heavy atom. The quantitative estimate of drug-likeness (QED) is 0.143. The van der Waals surface area contributed by atoms with E-state index in [1.54, 1.807) is 30.3 Å². The number of ether oxygens (including phenoxy) is 2. The Bertz CT molecular complexity index is 1370. The van der Waals surface area contributed by atoms with Gasteiger partial charge in [0.2, 0.25) is 10.0 Å². The van der Waals surface area contributed by atoms with E-state index in [1.165, 1.54) is 37.6 Å². The van der Waals surface area contributed by atoms with Crippen molar-refractivity contribution in [1.82, 2.24) is 10.1 Å². The van der Waals surface area contributed by atoms with Gasteiger partial charge in [0, 0.05) is 6.08 Å². The lowest BCUT2D eigenvalue weighted by molar-refractivity contribution is -0.129. The van der Waals surface area contributed by atoms with E-state index in [2.05, 4.69) is 15.2 Å². The first-order chi connectivity index (χ1) is 17.3. The molecule has 2 N–H and O–H groups in total. The molecule has 0 saturated carbocycles. The van der Waals surface area contributed by atoms with Gasteiger partial charge in [0.1, 0.15) is 0 Å². The largest absolute Gasteiger partial charge is 0.493 e. The second-order valence-corrected chi connectivity index (χ2v) is 9.27. The van der Waals surface area contributed by atoms with Crippen molar-refractivity contribution in [1.29, 1.82) is 0 Å². The van der Waals surface area contributed by atoms with Crippen molar-refractivity contribution >= 4 is 34.2 Å². The summed E-state index contributed by atoms with van der Waals surface area (Å²) in [5, 5.41) is 3.82. The lowest BCUT2D eigenvalue weighted by Crippen LogP contribution is -2.34. The van der Waals surface area contributed by atoms with Gasteiger partial charge in [-0.3, -0.25) is 4.79 Å². The molecule has 0 aliphatic rings. The molecular formula is C26H25N3O6S. The topological polar surface area (TPSA) is 123 Å². The number of carbonyl (C=O) groups is 2. The van der Waals surface area contributed by atoms with Crippen LogP contribution in [0.15, 0.2) is 88.9 Å². The second-order valence-electron chi connectivity index (χ2n) is 7.51. The van der Waals surface area contributed by atoms with Crippen LogP contribution in [0.5, 0.6) is 11.5 Å². The number of amides is 1. The van der Waals surface area contributed by atoms with Crippen molar-refractivity contribution in [3.05, 3.63) is 95.6 Å². The summed E-state index contributed by atoms with van der Waals surface area (Å²) in [6.45, 7) is 1.36. The van der Waals surface area contributed by atoms with Gasteiger partial charge < -0.3 is 9.47 Å². The zero-order valence-electron chi connectivity index (χ0n) is 19.7. The van der Waals surface area contributed by atoms with Crippen LogP contribution in [0.1, 0.15) is 16.7 Å². The summed E-state index contributed by atoms with van der Waals surface area (Å²) in [6.07, 6.45) is 4.29. The number of sulfonamides is 1. The molecule has 9 nitrogen and oxygen atoms in total. The van der Waals surface area contributed by atoms with Crippen LogP contribution in [0.25, 0.3) is 6.08 Å². The van der Waals surface area contributed by atoms with E-state index in [1.807, 2.05) is 37.3 Å². The van der Waals surface area contributed by atoms with Crippen LogP contribution in [0.4, 0.5) is 0 Å². The molecule has 0 fully saturated rings. The standard InChI is InChI=1S/C26H25N3O6S/c1-19-8-12-22(13-9-19)36(32,33)28-18-25(30)29-27-17-21-10-14-23(24(16-21)34-2)35-26(31)15-11-20-6-4-3-5-7-20/h3-17,28H,18H2,1-2H3,(H,29,30)/b15-11+,27-17+. The normalized spacial score (nSPS) is 11.5. The molecule has 3 aromatic rings. The Kier molecular flexibility index (Phi) is 9.09. The molecule has 1 amide bonds. The van der Waals surface area contributed by atoms with Crippen molar-refractivity contribution in [2.45, 2.75) is 11.8 Å². The number of nitrogens with zero attached hydrogens (tertiary/aromatic N) is 1. The van der Waals surface area contributed by atoms with Gasteiger partial charge in [0.05, 0.1) is 24.8 Å². The van der Waals surface area contributed by atoms with Crippen LogP contribution in [0, 0.1) is 6.92 Å². The Morgan fingerprint density at radius 2 is 1.67 bits per heavy atom. The molecule has 10 heteroatoms. The number of carbonyl (C=O) groups excluding carboxylic acids is 2. The van der Waals surface area contributed by atoms with Gasteiger partial charge in [0.25, 0.3) is 5.91 Å². The van der Waals surface area contributed by atoms with Gasteiger partial charge in [-0.25, -0.2) is 23.4 Å². The summed E-state index contributed by atoms with van der Waals surface area (Å²) in [5.41, 5.74) is 4.58. The van der Waals surface area contributed by atoms with Crippen molar-refractivity contribution in [3.8, 4) is 11.5 Å². The fourth-order valence-corrected chi connectivity index (χ4v) is 3.88. The van der Waals surface area contributed by atoms with E-state index in [-0.39, 0.29) is 16.4 Å². The van der Waals surface area contributed by atoms with Crippen LogP contribution in [-0.4, -0.2) is 40.2 Å². The second kappa shape index (κ2) is 12.4. The molecule has 3 aromatic carbocycles. The fraction of sp³-hybridized carbons (Fsp3) is 0.115. The summed E-state index contributed by atoms with van der Waals surface area (Å²) < 4.78 is 37.3. The first-order valence-corrected chi connectivity index (χ1v) is 12.3. The third-order valence-corrected chi connectivity index (χ3v) is 6.18. The number of nitrogens with one attached hydrogen (secondary N) is 2. The molecule has 0 bridgehead atoms. The molecule has 0 spiro atoms. The van der Waals surface area contributed by atoms with Gasteiger partial charge in [0.15, 0.2) is 11.5 Å². The van der Waals surface area contributed by atoms with Crippen molar-refractivity contribution in [2.75, 3.05) is 13.7 Å². The number of methoxy groups -OCH3 is 1. The summed E-state index contributed by atoms with van der Waals surface area (Å²) in [5.74, 6) is -0.715. The molecular weight excluding hydrogens is 482 g/mol. The highest BCUT2D eigenvalue weighted by atomic mass is 32.2. The van der Waals surface area contributed by atoms with Crippen LogP contribution >= 0.6 is 0 Å². The van der Waals surface area contributed by atoms with Crippen LogP contribution in [-0.2, 0) is 19.6 Å². The Hall–Kier alpha value is -4.28. The van der Waals surface area contributed by atoms with Crippen molar-refractivity contribution < 1.29 is 27.5 Å². The highest BCUT2D eigenvalue weighted by Gasteiger charge is 2.15. The number of esters is 1. The van der Waals surface area contributed by atoms with Crippen LogP contribution < -0.4 is 19.6 Å². The molecule has 0 aliphatic heterocycles. The first kappa shape index (κ1) is 26.3. The lowest BCUT2D eigenvalue weighted by atomic mass is 10.2. The van der Waals surface area contributed by atoms with Gasteiger partial charge in [-0.2, -0.15) is 5.10 Å². The number of rotatable bonds is 10. The van der Waals surface area contributed by atoms with E-state index < -0.39 is 28.4 Å². The molecule has 3 rings (SSSR count). The van der Waals surface area contributed by atoms with Gasteiger partial charge in [-0.15, -0.1) is 0 Å². The van der Waals surface area contributed by atoms with Crippen LogP contribution in [0.2, 0.25) is 0 Å². The number of hydrogen-bond donors (Lipinski definition) is 2. The van der Waals surface area contributed by atoms with Crippen molar-refractivity contribution in [2.24, 2.45) is 5.10 Å². The Balaban J connectivity index is 1.53. The monoisotopic (exact) mass is 507 g/mol. The first-order valence-electron chi connectivity index (χ1n) is 10.8. The lowest BCUT2D eigenvalue weighted by Gasteiger charge is -2.08. The fourth-order valence-electron chi connectivity index (χ4n) is 2.90. The van der Waals surface area contributed by atoms with Crippen LogP contribution in [0.3, 0.4) is 0 Å². The van der Waals surface area contributed by atoms with E-state index in [0.29, 0.717) is 5.56 Å². The highest BCUT2D eigenvalue weighted by Crippen LogP contribution is 2.27. The predicted octanol–water partition coefficient (Wildman–Crippen LogP) is 3.05. The molecule has 0 radical (unpaired) electrons. The highest BCUT2D eigenvalue weighted by molar-refractivity contribution is 7.89. The molecule has 0 heterocycles. The van der Waals surface area contributed by atoms with E-state index >= 15 is 0 Å². The number of benzene rings is 3. The summed E-state index contributed by atoms with van der Waals surface area (Å²) >= 11 is 0. The van der Waals surface area contributed by atoms with E-state index in [9.17, 15) is 18.0 Å². The maximum absolute atomic E-state index is 12.3. The Labute approximate surface area is 209 Å². The minimum absolute atomic E-state index is 0.0628. The Morgan fingerprint density at radius 3 is 2.36 bits per heavy atom. The number of aryl methyl sites for hydroxylation is 1. The molecule has 0 atom stereocenters. The van der Waals surface area contributed by atoms with Crippen molar-refractivity contribution in [3.63, 3.8) is 0 Å². The average molecular weight is 508 g/mol. The summed E-state index contributed by atoms with van der Waals surface area (Å²) in [6, 6.07) is 20.3.